The third-order valence-corrected chi connectivity index (χ3v) is 3.99. The zero-order valence-electron chi connectivity index (χ0n) is 7.79. The SMILES string of the molecule is CC[C@H](C)[C@H]1N=C(C)[C@@H](C)S1. The third kappa shape index (κ3) is 1.98. The molecule has 1 heterocycles. The molecule has 2 heteroatoms. The van der Waals surface area contributed by atoms with Gasteiger partial charge in [0.1, 0.15) is 0 Å². The van der Waals surface area contributed by atoms with Crippen LogP contribution in [0.25, 0.3) is 0 Å². The van der Waals surface area contributed by atoms with Crippen molar-refractivity contribution in [1.29, 1.82) is 0 Å². The van der Waals surface area contributed by atoms with Gasteiger partial charge in [-0.2, -0.15) is 0 Å². The maximum absolute atomic E-state index is 4.62. The van der Waals surface area contributed by atoms with E-state index >= 15 is 0 Å². The molecule has 0 aliphatic carbocycles. The molecule has 0 spiro atoms. The van der Waals surface area contributed by atoms with Crippen molar-refractivity contribution in [3.05, 3.63) is 0 Å². The fourth-order valence-electron chi connectivity index (χ4n) is 1.11. The lowest BCUT2D eigenvalue weighted by Crippen LogP contribution is -2.08. The molecule has 0 N–H and O–H groups in total. The minimum Gasteiger partial charge on any atom is -0.279 e. The maximum atomic E-state index is 4.62. The van der Waals surface area contributed by atoms with E-state index in [0.717, 1.165) is 5.92 Å². The molecule has 0 amide bonds. The summed E-state index contributed by atoms with van der Waals surface area (Å²) in [4.78, 5) is 4.62. The van der Waals surface area contributed by atoms with E-state index in [1.165, 1.54) is 12.1 Å². The third-order valence-electron chi connectivity index (χ3n) is 2.39. The Morgan fingerprint density at radius 1 is 1.64 bits per heavy atom. The smallest absolute Gasteiger partial charge is 0.0982 e. The highest BCUT2D eigenvalue weighted by Crippen LogP contribution is 2.33. The van der Waals surface area contributed by atoms with Gasteiger partial charge in [-0.1, -0.05) is 20.3 Å². The number of thioether (sulfide) groups is 1. The van der Waals surface area contributed by atoms with Gasteiger partial charge in [0.25, 0.3) is 0 Å². The Bertz CT molecular complexity index is 165. The predicted octanol–water partition coefficient (Wildman–Crippen LogP) is 2.95. The fourth-order valence-corrected chi connectivity index (χ4v) is 2.47. The molecule has 1 aliphatic rings. The van der Waals surface area contributed by atoms with Gasteiger partial charge in [-0.05, 0) is 19.8 Å². The van der Waals surface area contributed by atoms with Crippen molar-refractivity contribution in [3.63, 3.8) is 0 Å². The fraction of sp³-hybridized carbons (Fsp3) is 0.889. The molecular weight excluding hydrogens is 154 g/mol. The van der Waals surface area contributed by atoms with Gasteiger partial charge in [0.15, 0.2) is 0 Å². The molecule has 0 unspecified atom stereocenters. The topological polar surface area (TPSA) is 12.4 Å². The van der Waals surface area contributed by atoms with E-state index in [4.69, 9.17) is 0 Å². The predicted molar refractivity (Wildman–Crippen MR) is 53.4 cm³/mol. The van der Waals surface area contributed by atoms with Crippen LogP contribution >= 0.6 is 11.8 Å². The van der Waals surface area contributed by atoms with E-state index in [1.54, 1.807) is 0 Å². The summed E-state index contributed by atoms with van der Waals surface area (Å²) in [5.41, 5.74) is 1.32. The summed E-state index contributed by atoms with van der Waals surface area (Å²) in [6, 6.07) is 0. The summed E-state index contributed by atoms with van der Waals surface area (Å²) in [6.07, 6.45) is 1.24. The Balaban J connectivity index is 2.53. The Morgan fingerprint density at radius 3 is 2.64 bits per heavy atom. The van der Waals surface area contributed by atoms with E-state index in [9.17, 15) is 0 Å². The first-order valence-corrected chi connectivity index (χ1v) is 5.29. The summed E-state index contributed by atoms with van der Waals surface area (Å²) >= 11 is 2.00. The first kappa shape index (κ1) is 9.11. The van der Waals surface area contributed by atoms with Crippen molar-refractivity contribution in [2.24, 2.45) is 10.9 Å². The van der Waals surface area contributed by atoms with E-state index in [2.05, 4.69) is 32.7 Å². The molecule has 64 valence electrons. The summed E-state index contributed by atoms with van der Waals surface area (Å²) in [7, 11) is 0. The number of rotatable bonds is 2. The van der Waals surface area contributed by atoms with Gasteiger partial charge in [0.2, 0.25) is 0 Å². The highest BCUT2D eigenvalue weighted by molar-refractivity contribution is 8.01. The van der Waals surface area contributed by atoms with Crippen molar-refractivity contribution in [1.82, 2.24) is 0 Å². The largest absolute Gasteiger partial charge is 0.279 e. The molecule has 1 rings (SSSR count). The van der Waals surface area contributed by atoms with Gasteiger partial charge in [0.05, 0.1) is 5.37 Å². The van der Waals surface area contributed by atoms with E-state index in [0.29, 0.717) is 10.6 Å². The molecule has 0 bridgehead atoms. The molecule has 0 aromatic carbocycles. The molecular formula is C9H17NS. The quantitative estimate of drug-likeness (QED) is 0.622. The van der Waals surface area contributed by atoms with Crippen molar-refractivity contribution in [2.75, 3.05) is 0 Å². The minimum atomic E-state index is 0.537. The van der Waals surface area contributed by atoms with Crippen molar-refractivity contribution >= 4 is 17.5 Å². The van der Waals surface area contributed by atoms with Crippen LogP contribution in [0.5, 0.6) is 0 Å². The highest BCUT2D eigenvalue weighted by atomic mass is 32.2. The van der Waals surface area contributed by atoms with E-state index < -0.39 is 0 Å². The number of aliphatic imine (C=N–C) groups is 1. The maximum Gasteiger partial charge on any atom is 0.0982 e. The Kier molecular flexibility index (Phi) is 2.99. The molecule has 1 nitrogen and oxygen atoms in total. The first-order chi connectivity index (χ1) is 5.15. The molecule has 11 heavy (non-hydrogen) atoms. The molecule has 1 aliphatic heterocycles. The standard InChI is InChI=1S/C9H17NS/c1-5-6(2)9-10-7(3)8(4)11-9/h6,8-9H,5H2,1-4H3/t6-,8+,9-/m0/s1. The normalized spacial score (nSPS) is 33.6. The van der Waals surface area contributed by atoms with Crippen LogP contribution in [0.2, 0.25) is 0 Å². The molecule has 0 saturated heterocycles. The second-order valence-electron chi connectivity index (χ2n) is 3.32. The van der Waals surface area contributed by atoms with Crippen LogP contribution < -0.4 is 0 Å². The number of hydrogen-bond acceptors (Lipinski definition) is 2. The van der Waals surface area contributed by atoms with Crippen LogP contribution in [0.1, 0.15) is 34.1 Å². The Labute approximate surface area is 73.7 Å². The second-order valence-corrected chi connectivity index (χ2v) is 4.79. The molecule has 0 fully saturated rings. The Hall–Kier alpha value is 0.0200. The Morgan fingerprint density at radius 2 is 2.27 bits per heavy atom. The zero-order valence-corrected chi connectivity index (χ0v) is 8.61. The lowest BCUT2D eigenvalue weighted by atomic mass is 10.1. The van der Waals surface area contributed by atoms with E-state index in [1.807, 2.05) is 11.8 Å². The van der Waals surface area contributed by atoms with Gasteiger partial charge in [-0.15, -0.1) is 11.8 Å². The number of nitrogens with zero attached hydrogens (tertiary/aromatic N) is 1. The van der Waals surface area contributed by atoms with Crippen LogP contribution in [-0.4, -0.2) is 16.3 Å². The summed E-state index contributed by atoms with van der Waals surface area (Å²) in [6.45, 7) is 8.90. The van der Waals surface area contributed by atoms with Gasteiger partial charge >= 0.3 is 0 Å². The molecule has 3 atom stereocenters. The summed E-state index contributed by atoms with van der Waals surface area (Å²) in [5.74, 6) is 0.736. The van der Waals surface area contributed by atoms with E-state index in [-0.39, 0.29) is 0 Å². The van der Waals surface area contributed by atoms with Gasteiger partial charge in [-0.25, -0.2) is 0 Å². The molecule has 0 radical (unpaired) electrons. The zero-order chi connectivity index (χ0) is 8.43. The van der Waals surface area contributed by atoms with Gasteiger partial charge in [0, 0.05) is 11.0 Å². The van der Waals surface area contributed by atoms with Crippen LogP contribution in [0.15, 0.2) is 4.99 Å². The van der Waals surface area contributed by atoms with Gasteiger partial charge < -0.3 is 0 Å². The molecule has 0 saturated carbocycles. The summed E-state index contributed by atoms with van der Waals surface area (Å²) < 4.78 is 0. The lowest BCUT2D eigenvalue weighted by Gasteiger charge is -2.13. The van der Waals surface area contributed by atoms with Crippen LogP contribution in [-0.2, 0) is 0 Å². The minimum absolute atomic E-state index is 0.537. The average Bonchev–Trinajstić information content (AvgIpc) is 2.31. The molecule has 0 aromatic heterocycles. The molecule has 0 aromatic rings. The monoisotopic (exact) mass is 171 g/mol. The number of hydrogen-bond donors (Lipinski definition) is 0. The second kappa shape index (κ2) is 3.61. The van der Waals surface area contributed by atoms with Crippen molar-refractivity contribution in [2.45, 2.75) is 44.7 Å². The first-order valence-electron chi connectivity index (χ1n) is 4.35. The van der Waals surface area contributed by atoms with Crippen LogP contribution in [0.4, 0.5) is 0 Å². The van der Waals surface area contributed by atoms with Crippen LogP contribution in [0.3, 0.4) is 0 Å². The average molecular weight is 171 g/mol. The lowest BCUT2D eigenvalue weighted by molar-refractivity contribution is 0.549. The summed E-state index contributed by atoms with van der Waals surface area (Å²) in [5, 5.41) is 1.18. The highest BCUT2D eigenvalue weighted by Gasteiger charge is 2.25. The van der Waals surface area contributed by atoms with Crippen molar-refractivity contribution < 1.29 is 0 Å². The van der Waals surface area contributed by atoms with Crippen LogP contribution in [0, 0.1) is 5.92 Å². The van der Waals surface area contributed by atoms with Crippen molar-refractivity contribution in [3.8, 4) is 0 Å². The van der Waals surface area contributed by atoms with Gasteiger partial charge in [-0.3, -0.25) is 4.99 Å².